The molecule has 0 aliphatic rings. The van der Waals surface area contributed by atoms with Crippen LogP contribution in [0.2, 0.25) is 5.02 Å². The Labute approximate surface area is 127 Å². The number of rotatable bonds is 6. The first-order valence-corrected chi connectivity index (χ1v) is 6.76. The van der Waals surface area contributed by atoms with Gasteiger partial charge in [-0.25, -0.2) is 4.39 Å². The highest BCUT2D eigenvalue weighted by Crippen LogP contribution is 2.20. The predicted octanol–water partition coefficient (Wildman–Crippen LogP) is 4.14. The molecule has 0 fully saturated rings. The summed E-state index contributed by atoms with van der Waals surface area (Å²) in [5, 5.41) is 0.635. The van der Waals surface area contributed by atoms with E-state index in [9.17, 15) is 9.18 Å². The summed E-state index contributed by atoms with van der Waals surface area (Å²) >= 11 is 5.77. The third-order valence-corrected chi connectivity index (χ3v) is 3.00. The van der Waals surface area contributed by atoms with Crippen LogP contribution in [0.3, 0.4) is 0 Å². The highest BCUT2D eigenvalue weighted by Gasteiger charge is 2.09. The maximum absolute atomic E-state index is 13.1. The number of ketones is 1. The maximum Gasteiger partial charge on any atom is 0.163 e. The number of halogens is 2. The second-order valence-electron chi connectivity index (χ2n) is 4.35. The number of carbonyl (C=O) groups excluding carboxylic acids is 1. The van der Waals surface area contributed by atoms with E-state index in [-0.39, 0.29) is 18.0 Å². The van der Waals surface area contributed by atoms with Gasteiger partial charge < -0.3 is 9.47 Å². The van der Waals surface area contributed by atoms with Gasteiger partial charge in [0, 0.05) is 5.02 Å². The molecule has 3 nitrogen and oxygen atoms in total. The number of Topliss-reactive ketones (excluding diaryl/α,β-unsaturated/α-hetero) is 1. The zero-order valence-electron chi connectivity index (χ0n) is 11.4. The van der Waals surface area contributed by atoms with Crippen LogP contribution >= 0.6 is 11.6 Å². The monoisotopic (exact) mass is 308 g/mol. The van der Waals surface area contributed by atoms with E-state index in [0.29, 0.717) is 23.1 Å². The van der Waals surface area contributed by atoms with Crippen LogP contribution in [0.25, 0.3) is 0 Å². The normalized spacial score (nSPS) is 10.2. The fourth-order valence-electron chi connectivity index (χ4n) is 1.75. The van der Waals surface area contributed by atoms with E-state index >= 15 is 0 Å². The Balaban J connectivity index is 1.89. The molecule has 0 N–H and O–H groups in total. The Morgan fingerprint density at radius 2 is 1.76 bits per heavy atom. The van der Waals surface area contributed by atoms with Gasteiger partial charge in [0.05, 0.1) is 5.56 Å². The minimum absolute atomic E-state index is 0.224. The second-order valence-corrected chi connectivity index (χ2v) is 4.78. The Morgan fingerprint density at radius 1 is 1.10 bits per heavy atom. The first-order valence-electron chi connectivity index (χ1n) is 6.38. The molecule has 21 heavy (non-hydrogen) atoms. The van der Waals surface area contributed by atoms with Crippen molar-refractivity contribution in [2.24, 2.45) is 0 Å². The quantitative estimate of drug-likeness (QED) is 0.594. The lowest BCUT2D eigenvalue weighted by atomic mass is 10.1. The van der Waals surface area contributed by atoms with Crippen molar-refractivity contribution in [3.63, 3.8) is 0 Å². The van der Waals surface area contributed by atoms with Crippen molar-refractivity contribution >= 4 is 17.4 Å². The molecule has 0 radical (unpaired) electrons. The molecule has 0 amide bonds. The van der Waals surface area contributed by atoms with Gasteiger partial charge >= 0.3 is 0 Å². The van der Waals surface area contributed by atoms with Gasteiger partial charge in [-0.05, 0) is 49.4 Å². The highest BCUT2D eigenvalue weighted by atomic mass is 35.5. The highest BCUT2D eigenvalue weighted by molar-refractivity contribution is 6.30. The van der Waals surface area contributed by atoms with E-state index in [1.54, 1.807) is 24.3 Å². The molecule has 110 valence electrons. The summed E-state index contributed by atoms with van der Waals surface area (Å²) in [6.45, 7) is 1.91. The summed E-state index contributed by atoms with van der Waals surface area (Å²) in [5.74, 6) is 0.311. The lowest BCUT2D eigenvalue weighted by Gasteiger charge is -2.11. The van der Waals surface area contributed by atoms with Crippen molar-refractivity contribution in [3.8, 4) is 11.5 Å². The van der Waals surface area contributed by atoms with E-state index in [0.717, 1.165) is 6.07 Å². The van der Waals surface area contributed by atoms with Crippen molar-refractivity contribution in [1.82, 2.24) is 0 Å². The van der Waals surface area contributed by atoms with Gasteiger partial charge in [0.1, 0.15) is 30.5 Å². The van der Waals surface area contributed by atoms with Crippen LogP contribution in [0.5, 0.6) is 11.5 Å². The number of carbonyl (C=O) groups is 1. The molecule has 0 heterocycles. The number of ether oxygens (including phenoxy) is 2. The molecular weight excluding hydrogens is 295 g/mol. The van der Waals surface area contributed by atoms with Gasteiger partial charge in [0.2, 0.25) is 0 Å². The Bertz CT molecular complexity index is 626. The van der Waals surface area contributed by atoms with E-state index in [1.807, 2.05) is 0 Å². The SMILES string of the molecule is CC(=O)c1cc(F)ccc1OCCOc1ccc(Cl)cc1. The summed E-state index contributed by atoms with van der Waals surface area (Å²) in [6.07, 6.45) is 0. The average molecular weight is 309 g/mol. The van der Waals surface area contributed by atoms with Gasteiger partial charge in [0.25, 0.3) is 0 Å². The van der Waals surface area contributed by atoms with Crippen molar-refractivity contribution < 1.29 is 18.7 Å². The molecule has 2 rings (SSSR count). The zero-order chi connectivity index (χ0) is 15.2. The third kappa shape index (κ3) is 4.46. The first kappa shape index (κ1) is 15.3. The van der Waals surface area contributed by atoms with Crippen LogP contribution in [0.4, 0.5) is 4.39 Å². The van der Waals surface area contributed by atoms with E-state index in [2.05, 4.69) is 0 Å². The standard InChI is InChI=1S/C16H14ClFO3/c1-11(19)15-10-13(18)4-7-16(15)21-9-8-20-14-5-2-12(17)3-6-14/h2-7,10H,8-9H2,1H3. The fraction of sp³-hybridized carbons (Fsp3) is 0.188. The van der Waals surface area contributed by atoms with Crippen LogP contribution in [-0.4, -0.2) is 19.0 Å². The van der Waals surface area contributed by atoms with E-state index in [4.69, 9.17) is 21.1 Å². The predicted molar refractivity (Wildman–Crippen MR) is 78.8 cm³/mol. The summed E-state index contributed by atoms with van der Waals surface area (Å²) in [6, 6.07) is 10.8. The molecule has 2 aromatic rings. The van der Waals surface area contributed by atoms with Gasteiger partial charge in [-0.3, -0.25) is 4.79 Å². The van der Waals surface area contributed by atoms with E-state index < -0.39 is 5.82 Å². The Morgan fingerprint density at radius 3 is 2.43 bits per heavy atom. The molecule has 0 unspecified atom stereocenters. The fourth-order valence-corrected chi connectivity index (χ4v) is 1.87. The summed E-state index contributed by atoms with van der Waals surface area (Å²) in [7, 11) is 0. The Kier molecular flexibility index (Phi) is 5.17. The summed E-state index contributed by atoms with van der Waals surface area (Å²) < 4.78 is 24.0. The molecule has 0 spiro atoms. The molecule has 0 atom stereocenters. The number of hydrogen-bond donors (Lipinski definition) is 0. The minimum atomic E-state index is -0.468. The van der Waals surface area contributed by atoms with Crippen molar-refractivity contribution in [1.29, 1.82) is 0 Å². The molecule has 0 saturated carbocycles. The minimum Gasteiger partial charge on any atom is -0.490 e. The summed E-state index contributed by atoms with van der Waals surface area (Å²) in [5.41, 5.74) is 0.224. The van der Waals surface area contributed by atoms with Gasteiger partial charge in [0.15, 0.2) is 5.78 Å². The average Bonchev–Trinajstić information content (AvgIpc) is 2.46. The van der Waals surface area contributed by atoms with Crippen molar-refractivity contribution in [2.75, 3.05) is 13.2 Å². The molecule has 0 aliphatic carbocycles. The third-order valence-electron chi connectivity index (χ3n) is 2.74. The molecular formula is C16H14ClFO3. The largest absolute Gasteiger partial charge is 0.490 e. The lowest BCUT2D eigenvalue weighted by molar-refractivity contribution is 0.101. The second kappa shape index (κ2) is 7.09. The molecule has 0 aliphatic heterocycles. The topological polar surface area (TPSA) is 35.5 Å². The first-order chi connectivity index (χ1) is 10.1. The lowest BCUT2D eigenvalue weighted by Crippen LogP contribution is -2.11. The maximum atomic E-state index is 13.1. The van der Waals surface area contributed by atoms with Crippen molar-refractivity contribution in [2.45, 2.75) is 6.92 Å². The van der Waals surface area contributed by atoms with Gasteiger partial charge in [-0.2, -0.15) is 0 Å². The Hall–Kier alpha value is -2.07. The smallest absolute Gasteiger partial charge is 0.163 e. The van der Waals surface area contributed by atoms with Gasteiger partial charge in [-0.15, -0.1) is 0 Å². The molecule has 2 aromatic carbocycles. The van der Waals surface area contributed by atoms with E-state index in [1.165, 1.54) is 19.1 Å². The molecule has 0 bridgehead atoms. The van der Waals surface area contributed by atoms with Crippen molar-refractivity contribution in [3.05, 3.63) is 58.9 Å². The van der Waals surface area contributed by atoms with Crippen LogP contribution in [0.1, 0.15) is 17.3 Å². The summed E-state index contributed by atoms with van der Waals surface area (Å²) in [4.78, 5) is 11.4. The molecule has 5 heteroatoms. The van der Waals surface area contributed by atoms with Gasteiger partial charge in [-0.1, -0.05) is 11.6 Å². The van der Waals surface area contributed by atoms with Crippen LogP contribution < -0.4 is 9.47 Å². The number of benzene rings is 2. The van der Waals surface area contributed by atoms with Crippen LogP contribution in [0, 0.1) is 5.82 Å². The zero-order valence-corrected chi connectivity index (χ0v) is 12.2. The van der Waals surface area contributed by atoms with Crippen LogP contribution in [0.15, 0.2) is 42.5 Å². The van der Waals surface area contributed by atoms with Crippen LogP contribution in [-0.2, 0) is 0 Å². The molecule has 0 aromatic heterocycles. The number of hydrogen-bond acceptors (Lipinski definition) is 3. The molecule has 0 saturated heterocycles.